The molecule has 1 unspecified atom stereocenters. The zero-order valence-electron chi connectivity index (χ0n) is 7.52. The molecule has 0 aromatic rings. The molecular weight excluding hydrogens is 202 g/mol. The highest BCUT2D eigenvalue weighted by molar-refractivity contribution is 9.09. The van der Waals surface area contributed by atoms with Gasteiger partial charge in [-0.05, 0) is 25.3 Å². The smallest absolute Gasteiger partial charge is 0.0320 e. The van der Waals surface area contributed by atoms with Crippen molar-refractivity contribution in [1.82, 2.24) is 4.90 Å². The largest absolute Gasteiger partial charge is 0.297 e. The van der Waals surface area contributed by atoms with Gasteiger partial charge in [0.1, 0.15) is 0 Å². The second kappa shape index (κ2) is 4.46. The number of alkyl halides is 1. The van der Waals surface area contributed by atoms with E-state index in [0.717, 1.165) is 17.3 Å². The summed E-state index contributed by atoms with van der Waals surface area (Å²) in [6, 6.07) is 0.863. The maximum atomic E-state index is 3.50. The first kappa shape index (κ1) is 9.53. The van der Waals surface area contributed by atoms with Crippen LogP contribution in [0.4, 0.5) is 0 Å². The maximum Gasteiger partial charge on any atom is 0.0320 e. The molecule has 0 radical (unpaired) electrons. The molecule has 0 saturated carbocycles. The molecule has 0 aromatic heterocycles. The summed E-state index contributed by atoms with van der Waals surface area (Å²) in [5, 5.41) is 1.16. The second-order valence-electron chi connectivity index (χ2n) is 3.84. The minimum Gasteiger partial charge on any atom is -0.297 e. The zero-order valence-corrected chi connectivity index (χ0v) is 9.10. The van der Waals surface area contributed by atoms with Gasteiger partial charge < -0.3 is 0 Å². The fourth-order valence-corrected chi connectivity index (χ4v) is 1.96. The Morgan fingerprint density at radius 1 is 1.55 bits per heavy atom. The molecule has 0 aromatic carbocycles. The zero-order chi connectivity index (χ0) is 8.27. The van der Waals surface area contributed by atoms with Crippen molar-refractivity contribution in [3.8, 4) is 0 Å². The van der Waals surface area contributed by atoms with Gasteiger partial charge >= 0.3 is 0 Å². The molecule has 0 aliphatic carbocycles. The molecular formula is C9H18BrN. The van der Waals surface area contributed by atoms with Crippen LogP contribution in [0.5, 0.6) is 0 Å². The van der Waals surface area contributed by atoms with E-state index >= 15 is 0 Å². The average molecular weight is 220 g/mol. The first-order chi connectivity index (χ1) is 5.24. The summed E-state index contributed by atoms with van der Waals surface area (Å²) < 4.78 is 0. The van der Waals surface area contributed by atoms with Gasteiger partial charge in [-0.1, -0.05) is 29.8 Å². The van der Waals surface area contributed by atoms with E-state index in [4.69, 9.17) is 0 Å². The van der Waals surface area contributed by atoms with Crippen molar-refractivity contribution < 1.29 is 0 Å². The van der Waals surface area contributed by atoms with Crippen LogP contribution in [0, 0.1) is 5.92 Å². The number of hydrogen-bond acceptors (Lipinski definition) is 1. The lowest BCUT2D eigenvalue weighted by Gasteiger charge is -2.04. The van der Waals surface area contributed by atoms with Crippen molar-refractivity contribution in [3.05, 3.63) is 0 Å². The Morgan fingerprint density at radius 2 is 2.27 bits per heavy atom. The summed E-state index contributed by atoms with van der Waals surface area (Å²) in [6.07, 6.45) is 2.76. The molecule has 0 spiro atoms. The molecule has 2 heteroatoms. The van der Waals surface area contributed by atoms with Crippen molar-refractivity contribution in [2.45, 2.75) is 32.7 Å². The van der Waals surface area contributed by atoms with E-state index in [1.165, 1.54) is 25.9 Å². The lowest BCUT2D eigenvalue weighted by atomic mass is 10.1. The van der Waals surface area contributed by atoms with E-state index in [1.54, 1.807) is 0 Å². The lowest BCUT2D eigenvalue weighted by molar-refractivity contribution is 0.455. The van der Waals surface area contributed by atoms with Crippen LogP contribution in [0.25, 0.3) is 0 Å². The van der Waals surface area contributed by atoms with Crippen LogP contribution >= 0.6 is 15.9 Å². The molecule has 66 valence electrons. The molecule has 11 heavy (non-hydrogen) atoms. The van der Waals surface area contributed by atoms with Crippen molar-refractivity contribution in [1.29, 1.82) is 0 Å². The van der Waals surface area contributed by atoms with Gasteiger partial charge in [-0.2, -0.15) is 0 Å². The van der Waals surface area contributed by atoms with E-state index < -0.39 is 0 Å². The monoisotopic (exact) mass is 219 g/mol. The number of rotatable bonds is 5. The molecule has 2 atom stereocenters. The van der Waals surface area contributed by atoms with Gasteiger partial charge in [0.05, 0.1) is 0 Å². The van der Waals surface area contributed by atoms with Gasteiger partial charge in [0.2, 0.25) is 0 Å². The van der Waals surface area contributed by atoms with E-state index in [-0.39, 0.29) is 0 Å². The third-order valence-corrected chi connectivity index (χ3v) is 2.98. The minimum atomic E-state index is 0.863. The second-order valence-corrected chi connectivity index (χ2v) is 4.49. The molecule has 1 heterocycles. The summed E-state index contributed by atoms with van der Waals surface area (Å²) in [6.45, 7) is 7.23. The molecule has 1 aliphatic heterocycles. The third-order valence-electron chi connectivity index (χ3n) is 2.23. The molecule has 1 aliphatic rings. The molecule has 1 fully saturated rings. The molecule has 1 rings (SSSR count). The standard InChI is InChI=1S/C9H18BrN/c1-8(2)4-3-5-11-7-9(11)6-10/h8-9H,3-7H2,1-2H3/t9-,11?/m0/s1. The van der Waals surface area contributed by atoms with Gasteiger partial charge in [-0.3, -0.25) is 4.90 Å². The Morgan fingerprint density at radius 3 is 2.73 bits per heavy atom. The van der Waals surface area contributed by atoms with Crippen LogP contribution < -0.4 is 0 Å². The van der Waals surface area contributed by atoms with Crippen LogP contribution in [-0.2, 0) is 0 Å². The Bertz CT molecular complexity index is 114. The maximum absolute atomic E-state index is 3.50. The molecule has 0 N–H and O–H groups in total. The van der Waals surface area contributed by atoms with Gasteiger partial charge in [0, 0.05) is 17.9 Å². The first-order valence-electron chi connectivity index (χ1n) is 4.54. The Hall–Kier alpha value is 0.440. The highest BCUT2D eigenvalue weighted by Gasteiger charge is 2.31. The Balaban J connectivity index is 1.90. The van der Waals surface area contributed by atoms with Crippen LogP contribution in [0.2, 0.25) is 0 Å². The number of hydrogen-bond donors (Lipinski definition) is 0. The van der Waals surface area contributed by atoms with Crippen LogP contribution in [0.15, 0.2) is 0 Å². The van der Waals surface area contributed by atoms with Gasteiger partial charge in [-0.25, -0.2) is 0 Å². The molecule has 0 bridgehead atoms. The summed E-state index contributed by atoms with van der Waals surface area (Å²) in [7, 11) is 0. The predicted molar refractivity (Wildman–Crippen MR) is 53.2 cm³/mol. The highest BCUT2D eigenvalue weighted by atomic mass is 79.9. The van der Waals surface area contributed by atoms with Crippen LogP contribution in [0.3, 0.4) is 0 Å². The van der Waals surface area contributed by atoms with E-state index in [1.807, 2.05) is 0 Å². The van der Waals surface area contributed by atoms with Crippen LogP contribution in [-0.4, -0.2) is 29.4 Å². The predicted octanol–water partition coefficient (Wildman–Crippen LogP) is 2.50. The van der Waals surface area contributed by atoms with Gasteiger partial charge in [0.25, 0.3) is 0 Å². The van der Waals surface area contributed by atoms with Crippen molar-refractivity contribution in [2.24, 2.45) is 5.92 Å². The topological polar surface area (TPSA) is 3.01 Å². The summed E-state index contributed by atoms with van der Waals surface area (Å²) in [4.78, 5) is 2.54. The fourth-order valence-electron chi connectivity index (χ4n) is 1.35. The summed E-state index contributed by atoms with van der Waals surface area (Å²) in [5.41, 5.74) is 0. The summed E-state index contributed by atoms with van der Waals surface area (Å²) >= 11 is 3.50. The Kier molecular flexibility index (Phi) is 3.86. The third kappa shape index (κ3) is 3.57. The van der Waals surface area contributed by atoms with Crippen molar-refractivity contribution in [3.63, 3.8) is 0 Å². The van der Waals surface area contributed by atoms with E-state index in [2.05, 4.69) is 34.7 Å². The number of nitrogens with zero attached hydrogens (tertiary/aromatic N) is 1. The number of halogens is 1. The lowest BCUT2D eigenvalue weighted by Crippen LogP contribution is -2.05. The first-order valence-corrected chi connectivity index (χ1v) is 5.66. The average Bonchev–Trinajstić information content (AvgIpc) is 2.66. The molecule has 1 saturated heterocycles. The van der Waals surface area contributed by atoms with Gasteiger partial charge in [0.15, 0.2) is 0 Å². The fraction of sp³-hybridized carbons (Fsp3) is 1.00. The highest BCUT2D eigenvalue weighted by Crippen LogP contribution is 2.20. The van der Waals surface area contributed by atoms with E-state index in [9.17, 15) is 0 Å². The minimum absolute atomic E-state index is 0.863. The van der Waals surface area contributed by atoms with Crippen LogP contribution in [0.1, 0.15) is 26.7 Å². The van der Waals surface area contributed by atoms with Crippen molar-refractivity contribution >= 4 is 15.9 Å². The Labute approximate surface area is 78.3 Å². The summed E-state index contributed by atoms with van der Waals surface area (Å²) in [5.74, 6) is 0.873. The van der Waals surface area contributed by atoms with E-state index in [0.29, 0.717) is 0 Å². The van der Waals surface area contributed by atoms with Crippen molar-refractivity contribution in [2.75, 3.05) is 18.4 Å². The quantitative estimate of drug-likeness (QED) is 0.508. The molecule has 0 amide bonds. The SMILES string of the molecule is CC(C)CCCN1C[C@@H]1CBr. The normalized spacial score (nSPS) is 29.5. The van der Waals surface area contributed by atoms with Gasteiger partial charge in [-0.15, -0.1) is 0 Å². The molecule has 1 nitrogen and oxygen atoms in total.